The number of primary amides is 1. The number of carbonyl (C=O) groups is 1. The molecule has 4 heteroatoms. The molecule has 4 N–H and O–H groups in total. The van der Waals surface area contributed by atoms with Crippen LogP contribution < -0.4 is 11.5 Å². The first-order chi connectivity index (χ1) is 8.97. The number of carbonyl (C=O) groups excluding carboxylic acids is 1. The van der Waals surface area contributed by atoms with E-state index in [1.165, 1.54) is 0 Å². The SMILES string of the molecule is CC(C)CCCN(CC(N)=O)Cc1cccc(N)c1. The summed E-state index contributed by atoms with van der Waals surface area (Å²) >= 11 is 0. The van der Waals surface area contributed by atoms with Crippen molar-refractivity contribution in [1.29, 1.82) is 0 Å². The molecule has 0 bridgehead atoms. The molecule has 1 aromatic rings. The van der Waals surface area contributed by atoms with Gasteiger partial charge in [-0.2, -0.15) is 0 Å². The van der Waals surface area contributed by atoms with E-state index < -0.39 is 0 Å². The summed E-state index contributed by atoms with van der Waals surface area (Å²) in [5.74, 6) is 0.399. The topological polar surface area (TPSA) is 72.3 Å². The standard InChI is InChI=1S/C15H25N3O/c1-12(2)5-4-8-18(11-15(17)19)10-13-6-3-7-14(16)9-13/h3,6-7,9,12H,4-5,8,10-11,16H2,1-2H3,(H2,17,19). The molecule has 0 radical (unpaired) electrons. The van der Waals surface area contributed by atoms with Crippen LogP contribution in [0.3, 0.4) is 0 Å². The van der Waals surface area contributed by atoms with E-state index in [1.807, 2.05) is 24.3 Å². The quantitative estimate of drug-likeness (QED) is 0.705. The number of nitrogens with two attached hydrogens (primary N) is 2. The molecule has 0 aliphatic rings. The van der Waals surface area contributed by atoms with Crippen LogP contribution in [0.1, 0.15) is 32.3 Å². The summed E-state index contributed by atoms with van der Waals surface area (Å²) in [6.45, 7) is 6.31. The molecule has 1 amide bonds. The van der Waals surface area contributed by atoms with Crippen molar-refractivity contribution in [1.82, 2.24) is 4.90 Å². The van der Waals surface area contributed by atoms with Crippen LogP contribution in [0.4, 0.5) is 5.69 Å². The molecular weight excluding hydrogens is 238 g/mol. The number of rotatable bonds is 8. The fraction of sp³-hybridized carbons (Fsp3) is 0.533. The van der Waals surface area contributed by atoms with Gasteiger partial charge in [0, 0.05) is 12.2 Å². The summed E-state index contributed by atoms with van der Waals surface area (Å²) in [6, 6.07) is 7.76. The van der Waals surface area contributed by atoms with Gasteiger partial charge in [-0.3, -0.25) is 9.69 Å². The van der Waals surface area contributed by atoms with Crippen LogP contribution in [-0.4, -0.2) is 23.9 Å². The molecule has 19 heavy (non-hydrogen) atoms. The molecule has 0 saturated carbocycles. The van der Waals surface area contributed by atoms with Crippen LogP contribution in [0, 0.1) is 5.92 Å². The van der Waals surface area contributed by atoms with Crippen molar-refractivity contribution in [3.8, 4) is 0 Å². The Morgan fingerprint density at radius 2 is 2.11 bits per heavy atom. The molecule has 0 heterocycles. The van der Waals surface area contributed by atoms with Crippen molar-refractivity contribution >= 4 is 11.6 Å². The maximum atomic E-state index is 11.1. The number of hydrogen-bond donors (Lipinski definition) is 2. The van der Waals surface area contributed by atoms with Gasteiger partial charge >= 0.3 is 0 Å². The lowest BCUT2D eigenvalue weighted by Gasteiger charge is -2.21. The van der Waals surface area contributed by atoms with Gasteiger partial charge in [0.2, 0.25) is 5.91 Å². The molecule has 0 spiro atoms. The normalized spacial score (nSPS) is 11.2. The number of amides is 1. The van der Waals surface area contributed by atoms with E-state index in [1.54, 1.807) is 0 Å². The first-order valence-corrected chi connectivity index (χ1v) is 6.82. The average molecular weight is 263 g/mol. The number of hydrogen-bond acceptors (Lipinski definition) is 3. The summed E-state index contributed by atoms with van der Waals surface area (Å²) in [7, 11) is 0. The Kier molecular flexibility index (Phi) is 6.36. The molecule has 0 unspecified atom stereocenters. The lowest BCUT2D eigenvalue weighted by molar-refractivity contribution is -0.119. The van der Waals surface area contributed by atoms with E-state index in [2.05, 4.69) is 18.7 Å². The summed E-state index contributed by atoms with van der Waals surface area (Å²) < 4.78 is 0. The maximum Gasteiger partial charge on any atom is 0.231 e. The highest BCUT2D eigenvalue weighted by atomic mass is 16.1. The molecule has 106 valence electrons. The molecular formula is C15H25N3O. The van der Waals surface area contributed by atoms with Crippen molar-refractivity contribution in [2.45, 2.75) is 33.2 Å². The molecule has 0 aliphatic carbocycles. The Morgan fingerprint density at radius 3 is 2.68 bits per heavy atom. The van der Waals surface area contributed by atoms with Crippen molar-refractivity contribution in [2.75, 3.05) is 18.8 Å². The monoisotopic (exact) mass is 263 g/mol. The van der Waals surface area contributed by atoms with Gasteiger partial charge in [0.05, 0.1) is 6.54 Å². The number of benzene rings is 1. The minimum absolute atomic E-state index is 0.284. The number of nitrogen functional groups attached to an aromatic ring is 1. The molecule has 0 atom stereocenters. The zero-order chi connectivity index (χ0) is 14.3. The van der Waals surface area contributed by atoms with Crippen LogP contribution >= 0.6 is 0 Å². The van der Waals surface area contributed by atoms with E-state index in [0.29, 0.717) is 19.0 Å². The Morgan fingerprint density at radius 1 is 1.37 bits per heavy atom. The summed E-state index contributed by atoms with van der Waals surface area (Å²) in [5.41, 5.74) is 12.9. The fourth-order valence-corrected chi connectivity index (χ4v) is 2.11. The van der Waals surface area contributed by atoms with Crippen LogP contribution in [-0.2, 0) is 11.3 Å². The second-order valence-corrected chi connectivity index (χ2v) is 5.46. The van der Waals surface area contributed by atoms with E-state index in [9.17, 15) is 4.79 Å². The highest BCUT2D eigenvalue weighted by Crippen LogP contribution is 2.11. The van der Waals surface area contributed by atoms with Crippen molar-refractivity contribution in [3.05, 3.63) is 29.8 Å². The summed E-state index contributed by atoms with van der Waals surface area (Å²) in [4.78, 5) is 13.2. The Bertz CT molecular complexity index is 404. The minimum atomic E-state index is -0.284. The smallest absolute Gasteiger partial charge is 0.231 e. The zero-order valence-corrected chi connectivity index (χ0v) is 11.9. The van der Waals surface area contributed by atoms with Crippen LogP contribution in [0.25, 0.3) is 0 Å². The first-order valence-electron chi connectivity index (χ1n) is 6.82. The van der Waals surface area contributed by atoms with Crippen LogP contribution in [0.2, 0.25) is 0 Å². The second-order valence-electron chi connectivity index (χ2n) is 5.46. The van der Waals surface area contributed by atoms with E-state index in [4.69, 9.17) is 11.5 Å². The Labute approximate surface area is 115 Å². The predicted molar refractivity (Wildman–Crippen MR) is 79.4 cm³/mol. The van der Waals surface area contributed by atoms with Crippen LogP contribution in [0.15, 0.2) is 24.3 Å². The zero-order valence-electron chi connectivity index (χ0n) is 11.9. The Balaban J connectivity index is 2.55. The van der Waals surface area contributed by atoms with Crippen LogP contribution in [0.5, 0.6) is 0 Å². The van der Waals surface area contributed by atoms with Gasteiger partial charge in [-0.15, -0.1) is 0 Å². The van der Waals surface area contributed by atoms with Gasteiger partial charge in [-0.05, 0) is 43.0 Å². The molecule has 0 fully saturated rings. The van der Waals surface area contributed by atoms with Gasteiger partial charge in [0.25, 0.3) is 0 Å². The molecule has 0 saturated heterocycles. The molecule has 1 aromatic carbocycles. The molecule has 0 aromatic heterocycles. The third-order valence-electron chi connectivity index (χ3n) is 2.99. The van der Waals surface area contributed by atoms with Crippen molar-refractivity contribution < 1.29 is 4.79 Å². The van der Waals surface area contributed by atoms with Crippen molar-refractivity contribution in [2.24, 2.45) is 11.7 Å². The summed E-state index contributed by atoms with van der Waals surface area (Å²) in [6.07, 6.45) is 2.24. The van der Waals surface area contributed by atoms with E-state index >= 15 is 0 Å². The van der Waals surface area contributed by atoms with Crippen molar-refractivity contribution in [3.63, 3.8) is 0 Å². The maximum absolute atomic E-state index is 11.1. The fourth-order valence-electron chi connectivity index (χ4n) is 2.11. The minimum Gasteiger partial charge on any atom is -0.399 e. The van der Waals surface area contributed by atoms with E-state index in [-0.39, 0.29) is 5.91 Å². The highest BCUT2D eigenvalue weighted by molar-refractivity contribution is 5.75. The second kappa shape index (κ2) is 7.79. The number of anilines is 1. The molecule has 0 aliphatic heterocycles. The largest absolute Gasteiger partial charge is 0.399 e. The van der Waals surface area contributed by atoms with Gasteiger partial charge in [0.15, 0.2) is 0 Å². The molecule has 1 rings (SSSR count). The van der Waals surface area contributed by atoms with Gasteiger partial charge < -0.3 is 11.5 Å². The third-order valence-corrected chi connectivity index (χ3v) is 2.99. The average Bonchev–Trinajstić information content (AvgIpc) is 2.27. The first kappa shape index (κ1) is 15.5. The van der Waals surface area contributed by atoms with Gasteiger partial charge in [-0.1, -0.05) is 26.0 Å². The molecule has 4 nitrogen and oxygen atoms in total. The lowest BCUT2D eigenvalue weighted by atomic mass is 10.1. The highest BCUT2D eigenvalue weighted by Gasteiger charge is 2.09. The Hall–Kier alpha value is -1.55. The predicted octanol–water partition coefficient (Wildman–Crippen LogP) is 1.99. The summed E-state index contributed by atoms with van der Waals surface area (Å²) in [5, 5.41) is 0. The van der Waals surface area contributed by atoms with Gasteiger partial charge in [-0.25, -0.2) is 0 Å². The third kappa shape index (κ3) is 6.82. The van der Waals surface area contributed by atoms with Gasteiger partial charge in [0.1, 0.15) is 0 Å². The van der Waals surface area contributed by atoms with E-state index in [0.717, 1.165) is 30.6 Å². The lowest BCUT2D eigenvalue weighted by Crippen LogP contribution is -2.34. The number of nitrogens with zero attached hydrogens (tertiary/aromatic N) is 1.